The van der Waals surface area contributed by atoms with Crippen LogP contribution in [0.2, 0.25) is 0 Å². The molecule has 42 heavy (non-hydrogen) atoms. The average Bonchev–Trinajstić information content (AvgIpc) is 3.28. The largest absolute Gasteiger partial charge is 0.493 e. The second kappa shape index (κ2) is 10.1. The first kappa shape index (κ1) is 27.1. The van der Waals surface area contributed by atoms with Crippen molar-refractivity contribution >= 4 is 28.8 Å². The molecular formula is C34H30N2O6. The number of methoxy groups -OCH3 is 4. The van der Waals surface area contributed by atoms with E-state index in [1.54, 1.807) is 49.5 Å². The molecule has 0 bridgehead atoms. The van der Waals surface area contributed by atoms with Gasteiger partial charge in [0.1, 0.15) is 0 Å². The van der Waals surface area contributed by atoms with E-state index < -0.39 is 5.54 Å². The van der Waals surface area contributed by atoms with Crippen LogP contribution < -0.4 is 23.8 Å². The van der Waals surface area contributed by atoms with E-state index in [1.807, 2.05) is 56.3 Å². The molecule has 0 N–H and O–H groups in total. The zero-order chi connectivity index (χ0) is 29.8. The highest BCUT2D eigenvalue weighted by atomic mass is 16.5. The quantitative estimate of drug-likeness (QED) is 0.248. The molecule has 0 saturated carbocycles. The molecule has 0 radical (unpaired) electrons. The van der Waals surface area contributed by atoms with E-state index in [2.05, 4.69) is 0 Å². The molecule has 6 rings (SSSR count). The molecule has 8 nitrogen and oxygen atoms in total. The molecule has 1 atom stereocenters. The van der Waals surface area contributed by atoms with Crippen LogP contribution in [0.25, 0.3) is 0 Å². The van der Waals surface area contributed by atoms with Gasteiger partial charge in [0.2, 0.25) is 5.78 Å². The lowest BCUT2D eigenvalue weighted by molar-refractivity contribution is 0.0931. The SMILES string of the molecule is COc1ccc(C(=O)C2=Nc3ccc(C)cc3C3(c4ccc(OC)c(OC)c4)C(=O)c4cc(C)ccc4N23)cc1OC. The zero-order valence-electron chi connectivity index (χ0n) is 24.3. The van der Waals surface area contributed by atoms with Crippen molar-refractivity contribution in [2.24, 2.45) is 4.99 Å². The van der Waals surface area contributed by atoms with E-state index in [-0.39, 0.29) is 17.4 Å². The average molecular weight is 563 g/mol. The van der Waals surface area contributed by atoms with Crippen molar-refractivity contribution in [1.82, 2.24) is 0 Å². The number of fused-ring (bicyclic) bond motifs is 5. The number of amidine groups is 1. The summed E-state index contributed by atoms with van der Waals surface area (Å²) < 4.78 is 22.1. The van der Waals surface area contributed by atoms with E-state index in [1.165, 1.54) is 14.2 Å². The Hall–Kier alpha value is -5.11. The number of anilines is 1. The van der Waals surface area contributed by atoms with Crippen LogP contribution >= 0.6 is 0 Å². The summed E-state index contributed by atoms with van der Waals surface area (Å²) >= 11 is 0. The van der Waals surface area contributed by atoms with Gasteiger partial charge in [-0.1, -0.05) is 35.4 Å². The molecule has 2 heterocycles. The van der Waals surface area contributed by atoms with Crippen molar-refractivity contribution in [1.29, 1.82) is 0 Å². The number of rotatable bonds is 7. The Kier molecular flexibility index (Phi) is 6.49. The number of aliphatic imine (C=N–C) groups is 1. The number of hydrogen-bond acceptors (Lipinski definition) is 8. The molecule has 212 valence electrons. The number of carbonyl (C=O) groups is 2. The first-order valence-electron chi connectivity index (χ1n) is 13.4. The number of benzene rings is 4. The summed E-state index contributed by atoms with van der Waals surface area (Å²) in [4.78, 5) is 36.1. The Morgan fingerprint density at radius 3 is 2.02 bits per heavy atom. The highest BCUT2D eigenvalue weighted by Gasteiger charge is 2.59. The lowest BCUT2D eigenvalue weighted by Crippen LogP contribution is -2.55. The molecule has 0 amide bonds. The van der Waals surface area contributed by atoms with Crippen LogP contribution in [-0.2, 0) is 5.54 Å². The predicted molar refractivity (Wildman–Crippen MR) is 160 cm³/mol. The summed E-state index contributed by atoms with van der Waals surface area (Å²) in [7, 11) is 6.17. The van der Waals surface area contributed by atoms with Crippen LogP contribution in [0.15, 0.2) is 77.8 Å². The number of ether oxygens (including phenoxy) is 4. The summed E-state index contributed by atoms with van der Waals surface area (Å²) in [6.45, 7) is 3.91. The summed E-state index contributed by atoms with van der Waals surface area (Å²) in [5.74, 6) is 1.49. The Morgan fingerprint density at radius 1 is 0.714 bits per heavy atom. The number of Topliss-reactive ketones (excluding diaryl/α,β-unsaturated/α-hetero) is 2. The smallest absolute Gasteiger partial charge is 0.228 e. The van der Waals surface area contributed by atoms with Crippen LogP contribution in [-0.4, -0.2) is 45.8 Å². The monoisotopic (exact) mass is 562 g/mol. The number of carbonyl (C=O) groups excluding carboxylic acids is 2. The van der Waals surface area contributed by atoms with E-state index in [4.69, 9.17) is 23.9 Å². The number of aryl methyl sites for hydroxylation is 2. The van der Waals surface area contributed by atoms with Gasteiger partial charge in [-0.15, -0.1) is 0 Å². The second-order valence-corrected chi connectivity index (χ2v) is 10.3. The highest BCUT2D eigenvalue weighted by Crippen LogP contribution is 2.55. The fourth-order valence-electron chi connectivity index (χ4n) is 5.96. The van der Waals surface area contributed by atoms with Gasteiger partial charge in [-0.25, -0.2) is 4.99 Å². The molecule has 2 aliphatic heterocycles. The summed E-state index contributed by atoms with van der Waals surface area (Å²) in [5.41, 5.74) is 3.74. The molecule has 2 aliphatic rings. The maximum absolute atomic E-state index is 14.9. The van der Waals surface area contributed by atoms with Crippen LogP contribution in [0.3, 0.4) is 0 Å². The van der Waals surface area contributed by atoms with E-state index >= 15 is 0 Å². The van der Waals surface area contributed by atoms with Gasteiger partial charge in [-0.05, 0) is 67.9 Å². The minimum absolute atomic E-state index is 0.115. The molecule has 4 aromatic carbocycles. The molecule has 0 saturated heterocycles. The van der Waals surface area contributed by atoms with Gasteiger partial charge >= 0.3 is 0 Å². The number of hydrogen-bond donors (Lipinski definition) is 0. The summed E-state index contributed by atoms with van der Waals surface area (Å²) in [6, 6.07) is 21.8. The van der Waals surface area contributed by atoms with Gasteiger partial charge in [-0.3, -0.25) is 9.59 Å². The van der Waals surface area contributed by atoms with Crippen LogP contribution in [0, 0.1) is 13.8 Å². The van der Waals surface area contributed by atoms with Crippen molar-refractivity contribution in [3.8, 4) is 23.0 Å². The van der Waals surface area contributed by atoms with Crippen molar-refractivity contribution in [2.75, 3.05) is 33.3 Å². The normalized spacial score (nSPS) is 16.7. The minimum Gasteiger partial charge on any atom is -0.493 e. The first-order chi connectivity index (χ1) is 20.3. The van der Waals surface area contributed by atoms with Crippen LogP contribution in [0.1, 0.15) is 43.0 Å². The molecule has 0 fully saturated rings. The summed E-state index contributed by atoms with van der Waals surface area (Å²) in [5, 5.41) is 0. The fourth-order valence-corrected chi connectivity index (χ4v) is 5.96. The van der Waals surface area contributed by atoms with Gasteiger partial charge in [-0.2, -0.15) is 0 Å². The van der Waals surface area contributed by atoms with Crippen LogP contribution in [0.5, 0.6) is 23.0 Å². The second-order valence-electron chi connectivity index (χ2n) is 10.3. The van der Waals surface area contributed by atoms with Crippen LogP contribution in [0.4, 0.5) is 11.4 Å². The van der Waals surface area contributed by atoms with E-state index in [0.717, 1.165) is 11.1 Å². The predicted octanol–water partition coefficient (Wildman–Crippen LogP) is 6.21. The Labute approximate surface area is 244 Å². The van der Waals surface area contributed by atoms with Gasteiger partial charge in [0.15, 0.2) is 40.2 Å². The highest BCUT2D eigenvalue weighted by molar-refractivity contribution is 6.52. The Morgan fingerprint density at radius 2 is 1.33 bits per heavy atom. The van der Waals surface area contributed by atoms with Crippen molar-refractivity contribution in [2.45, 2.75) is 19.4 Å². The van der Waals surface area contributed by atoms with Crippen molar-refractivity contribution in [3.63, 3.8) is 0 Å². The van der Waals surface area contributed by atoms with Crippen molar-refractivity contribution in [3.05, 3.63) is 106 Å². The van der Waals surface area contributed by atoms with Gasteiger partial charge in [0.25, 0.3) is 0 Å². The lowest BCUT2D eigenvalue weighted by Gasteiger charge is -2.43. The number of nitrogens with zero attached hydrogens (tertiary/aromatic N) is 2. The first-order valence-corrected chi connectivity index (χ1v) is 13.4. The Balaban J connectivity index is 1.69. The lowest BCUT2D eigenvalue weighted by atomic mass is 9.76. The van der Waals surface area contributed by atoms with E-state index in [0.29, 0.717) is 56.6 Å². The maximum atomic E-state index is 14.9. The topological polar surface area (TPSA) is 86.7 Å². The number of ketones is 2. The third-order valence-electron chi connectivity index (χ3n) is 7.93. The van der Waals surface area contributed by atoms with Gasteiger partial charge in [0.05, 0.1) is 39.8 Å². The molecule has 0 aliphatic carbocycles. The third kappa shape index (κ3) is 3.79. The Bertz CT molecular complexity index is 1810. The molecule has 1 unspecified atom stereocenters. The third-order valence-corrected chi connectivity index (χ3v) is 7.93. The standard InChI is InChI=1S/C34H30N2O6/c1-19-8-12-26-23(15-19)32(38)34(22-10-14-28(40-4)30(18-22)42-6)24-16-20(2)7-11-25(24)35-33(36(26)34)31(37)21-9-13-27(39-3)29(17-21)41-5/h7-18H,1-6H3. The minimum atomic E-state index is -1.43. The van der Waals surface area contributed by atoms with Gasteiger partial charge in [0, 0.05) is 16.7 Å². The molecule has 8 heteroatoms. The zero-order valence-corrected chi connectivity index (χ0v) is 24.3. The van der Waals surface area contributed by atoms with Gasteiger partial charge < -0.3 is 23.8 Å². The van der Waals surface area contributed by atoms with Crippen molar-refractivity contribution < 1.29 is 28.5 Å². The maximum Gasteiger partial charge on any atom is 0.228 e. The molecule has 0 aromatic heterocycles. The summed E-state index contributed by atoms with van der Waals surface area (Å²) in [6.07, 6.45) is 0. The fraction of sp³-hybridized carbons (Fsp3) is 0.206. The molecule has 0 spiro atoms. The molecular weight excluding hydrogens is 532 g/mol. The van der Waals surface area contributed by atoms with E-state index in [9.17, 15) is 9.59 Å². The molecule has 4 aromatic rings.